The van der Waals surface area contributed by atoms with Crippen LogP contribution in [0.25, 0.3) is 0 Å². The Morgan fingerprint density at radius 3 is 2.82 bits per heavy atom. The summed E-state index contributed by atoms with van der Waals surface area (Å²) in [5, 5.41) is 9.19. The van der Waals surface area contributed by atoms with E-state index in [2.05, 4.69) is 11.1 Å². The van der Waals surface area contributed by atoms with E-state index in [1.807, 2.05) is 12.1 Å². The maximum atomic E-state index is 8.75. The van der Waals surface area contributed by atoms with Gasteiger partial charge in [-0.15, -0.1) is 0 Å². The van der Waals surface area contributed by atoms with Gasteiger partial charge < -0.3 is 4.74 Å². The van der Waals surface area contributed by atoms with Gasteiger partial charge in [0.05, 0.1) is 17.3 Å². The minimum atomic E-state index is 0.329. The summed E-state index contributed by atoms with van der Waals surface area (Å²) < 4.78 is 5.52. The van der Waals surface area contributed by atoms with Crippen LogP contribution in [0, 0.1) is 11.3 Å². The Bertz CT molecular complexity index is 563. The first-order chi connectivity index (χ1) is 8.28. The van der Waals surface area contributed by atoms with Crippen LogP contribution in [0.2, 0.25) is 5.15 Å². The second kappa shape index (κ2) is 5.33. The van der Waals surface area contributed by atoms with E-state index >= 15 is 0 Å². The Morgan fingerprint density at radius 2 is 2.06 bits per heavy atom. The van der Waals surface area contributed by atoms with Crippen LogP contribution in [-0.2, 0) is 6.61 Å². The molecule has 2 rings (SSSR count). The van der Waals surface area contributed by atoms with Crippen molar-refractivity contribution in [3.8, 4) is 11.8 Å². The second-order valence-corrected chi connectivity index (χ2v) is 3.77. The average Bonchev–Trinajstić information content (AvgIpc) is 2.37. The molecule has 0 aliphatic carbocycles. The highest BCUT2D eigenvalue weighted by atomic mass is 35.5. The lowest BCUT2D eigenvalue weighted by Crippen LogP contribution is -1.98. The van der Waals surface area contributed by atoms with Gasteiger partial charge in [0.25, 0.3) is 0 Å². The predicted molar refractivity (Wildman–Crippen MR) is 64.7 cm³/mol. The van der Waals surface area contributed by atoms with Crippen LogP contribution in [0.3, 0.4) is 0 Å². The van der Waals surface area contributed by atoms with E-state index in [-0.39, 0.29) is 0 Å². The molecule has 84 valence electrons. The maximum Gasteiger partial charge on any atom is 0.130 e. The number of hydrogen-bond acceptors (Lipinski definition) is 3. The summed E-state index contributed by atoms with van der Waals surface area (Å²) in [7, 11) is 0. The number of benzene rings is 1. The number of rotatable bonds is 3. The van der Waals surface area contributed by atoms with E-state index in [9.17, 15) is 0 Å². The molecule has 0 unspecified atom stereocenters. The molecule has 0 spiro atoms. The molecule has 0 fully saturated rings. The summed E-state index contributed by atoms with van der Waals surface area (Å²) in [5.41, 5.74) is 1.32. The molecule has 2 aromatic rings. The minimum Gasteiger partial charge on any atom is -0.487 e. The molecule has 0 aliphatic heterocycles. The largest absolute Gasteiger partial charge is 0.487 e. The highest BCUT2D eigenvalue weighted by Crippen LogP contribution is 2.14. The van der Waals surface area contributed by atoms with Crippen LogP contribution in [0.4, 0.5) is 0 Å². The molecular weight excluding hydrogens is 236 g/mol. The van der Waals surface area contributed by atoms with Crippen LogP contribution < -0.4 is 4.74 Å². The number of ether oxygens (including phenoxy) is 1. The summed E-state index contributed by atoms with van der Waals surface area (Å²) in [6, 6.07) is 14.4. The summed E-state index contributed by atoms with van der Waals surface area (Å²) >= 11 is 5.76. The van der Waals surface area contributed by atoms with Gasteiger partial charge in [0.15, 0.2) is 0 Å². The number of aromatic nitrogens is 1. The Morgan fingerprint density at radius 1 is 1.24 bits per heavy atom. The normalized spacial score (nSPS) is 9.65. The molecule has 17 heavy (non-hydrogen) atoms. The maximum absolute atomic E-state index is 8.75. The van der Waals surface area contributed by atoms with Crippen LogP contribution in [0.1, 0.15) is 11.3 Å². The first-order valence-corrected chi connectivity index (χ1v) is 5.40. The van der Waals surface area contributed by atoms with Crippen molar-refractivity contribution in [1.29, 1.82) is 5.26 Å². The zero-order valence-electron chi connectivity index (χ0n) is 8.93. The fourth-order valence-electron chi connectivity index (χ4n) is 1.34. The smallest absolute Gasteiger partial charge is 0.130 e. The van der Waals surface area contributed by atoms with Crippen LogP contribution >= 0.6 is 11.6 Å². The highest BCUT2D eigenvalue weighted by Gasteiger charge is 1.99. The van der Waals surface area contributed by atoms with Crippen LogP contribution in [0.15, 0.2) is 42.5 Å². The summed E-state index contributed by atoms with van der Waals surface area (Å²) in [5.74, 6) is 0.644. The first-order valence-electron chi connectivity index (χ1n) is 5.02. The lowest BCUT2D eigenvalue weighted by atomic mass is 10.2. The van der Waals surface area contributed by atoms with Crippen molar-refractivity contribution in [2.45, 2.75) is 6.61 Å². The molecular formula is C13H9ClN2O. The molecule has 4 heteroatoms. The van der Waals surface area contributed by atoms with Crippen molar-refractivity contribution >= 4 is 11.6 Å². The molecule has 1 aromatic heterocycles. The molecule has 1 aromatic carbocycles. The zero-order valence-corrected chi connectivity index (χ0v) is 9.69. The number of pyridine rings is 1. The minimum absolute atomic E-state index is 0.329. The lowest BCUT2D eigenvalue weighted by molar-refractivity contribution is 0.301. The van der Waals surface area contributed by atoms with Crippen LogP contribution in [-0.4, -0.2) is 4.98 Å². The monoisotopic (exact) mass is 244 g/mol. The van der Waals surface area contributed by atoms with Gasteiger partial charge in [-0.3, -0.25) is 0 Å². The SMILES string of the molecule is N#Cc1cccc(OCc2cccc(Cl)n2)c1. The van der Waals surface area contributed by atoms with Crippen molar-refractivity contribution in [3.05, 3.63) is 58.9 Å². The Kier molecular flexibility index (Phi) is 3.59. The Balaban J connectivity index is 2.05. The third-order valence-electron chi connectivity index (χ3n) is 2.12. The van der Waals surface area contributed by atoms with Gasteiger partial charge in [0, 0.05) is 0 Å². The number of halogens is 1. The van der Waals surface area contributed by atoms with E-state index < -0.39 is 0 Å². The summed E-state index contributed by atoms with van der Waals surface area (Å²) in [6.07, 6.45) is 0. The van der Waals surface area contributed by atoms with E-state index in [0.717, 1.165) is 5.69 Å². The number of nitrogens with zero attached hydrogens (tertiary/aromatic N) is 2. The Hall–Kier alpha value is -2.05. The first kappa shape index (κ1) is 11.4. The third-order valence-corrected chi connectivity index (χ3v) is 2.33. The van der Waals surface area contributed by atoms with Gasteiger partial charge in [-0.05, 0) is 30.3 Å². The molecule has 0 bridgehead atoms. The van der Waals surface area contributed by atoms with E-state index in [4.69, 9.17) is 21.6 Å². The molecule has 0 saturated carbocycles. The fourth-order valence-corrected chi connectivity index (χ4v) is 1.52. The fraction of sp³-hybridized carbons (Fsp3) is 0.0769. The number of hydrogen-bond donors (Lipinski definition) is 0. The van der Waals surface area contributed by atoms with Crippen molar-refractivity contribution < 1.29 is 4.74 Å². The topological polar surface area (TPSA) is 45.9 Å². The van der Waals surface area contributed by atoms with E-state index in [1.165, 1.54) is 0 Å². The van der Waals surface area contributed by atoms with Gasteiger partial charge in [-0.1, -0.05) is 23.7 Å². The van der Waals surface area contributed by atoms with Gasteiger partial charge in [-0.2, -0.15) is 5.26 Å². The standard InChI is InChI=1S/C13H9ClN2O/c14-13-6-2-4-11(16-13)9-17-12-5-1-3-10(7-12)8-15/h1-7H,9H2. The highest BCUT2D eigenvalue weighted by molar-refractivity contribution is 6.29. The lowest BCUT2D eigenvalue weighted by Gasteiger charge is -2.05. The van der Waals surface area contributed by atoms with Crippen molar-refractivity contribution in [2.24, 2.45) is 0 Å². The Labute approximate surface area is 104 Å². The second-order valence-electron chi connectivity index (χ2n) is 3.38. The van der Waals surface area contributed by atoms with Gasteiger partial charge >= 0.3 is 0 Å². The van der Waals surface area contributed by atoms with E-state index in [0.29, 0.717) is 23.1 Å². The molecule has 3 nitrogen and oxygen atoms in total. The summed E-state index contributed by atoms with van der Waals surface area (Å²) in [4.78, 5) is 4.11. The quantitative estimate of drug-likeness (QED) is 0.779. The molecule has 0 radical (unpaired) electrons. The van der Waals surface area contributed by atoms with E-state index in [1.54, 1.807) is 30.3 Å². The number of nitriles is 1. The third kappa shape index (κ3) is 3.20. The molecule has 0 atom stereocenters. The van der Waals surface area contributed by atoms with Crippen molar-refractivity contribution in [1.82, 2.24) is 4.98 Å². The predicted octanol–water partition coefficient (Wildman–Crippen LogP) is 3.19. The van der Waals surface area contributed by atoms with Crippen molar-refractivity contribution in [2.75, 3.05) is 0 Å². The molecule has 1 heterocycles. The molecule has 0 amide bonds. The molecule has 0 saturated heterocycles. The average molecular weight is 245 g/mol. The van der Waals surface area contributed by atoms with Gasteiger partial charge in [0.2, 0.25) is 0 Å². The zero-order chi connectivity index (χ0) is 12.1. The molecule has 0 N–H and O–H groups in total. The van der Waals surface area contributed by atoms with Crippen LogP contribution in [0.5, 0.6) is 5.75 Å². The van der Waals surface area contributed by atoms with Gasteiger partial charge in [0.1, 0.15) is 17.5 Å². The van der Waals surface area contributed by atoms with Gasteiger partial charge in [-0.25, -0.2) is 4.98 Å². The van der Waals surface area contributed by atoms with Crippen molar-refractivity contribution in [3.63, 3.8) is 0 Å². The summed E-state index contributed by atoms with van der Waals surface area (Å²) in [6.45, 7) is 0.329. The molecule has 0 aliphatic rings.